The minimum Gasteiger partial charge on any atom is -0.366 e. The molecule has 1 aliphatic heterocycles. The van der Waals surface area contributed by atoms with Crippen molar-refractivity contribution in [1.29, 1.82) is 0 Å². The predicted molar refractivity (Wildman–Crippen MR) is 104 cm³/mol. The van der Waals surface area contributed by atoms with Crippen molar-refractivity contribution >= 4 is 16.8 Å². The number of piperidine rings is 1. The molecule has 1 aliphatic rings. The predicted octanol–water partition coefficient (Wildman–Crippen LogP) is 2.75. The van der Waals surface area contributed by atoms with Gasteiger partial charge in [-0.2, -0.15) is 0 Å². The number of aromatic amines is 1. The maximum atomic E-state index is 12.6. The summed E-state index contributed by atoms with van der Waals surface area (Å²) in [6.45, 7) is 1.66. The van der Waals surface area contributed by atoms with E-state index in [1.807, 2.05) is 12.3 Å². The van der Waals surface area contributed by atoms with Crippen LogP contribution in [0, 0.1) is 0 Å². The second-order valence-corrected chi connectivity index (χ2v) is 7.05. The Morgan fingerprint density at radius 3 is 2.93 bits per heavy atom. The normalized spacial score (nSPS) is 17.9. The Bertz CT molecular complexity index is 1030. The summed E-state index contributed by atoms with van der Waals surface area (Å²) in [5.41, 5.74) is 8.36. The number of hydrogen-bond acceptors (Lipinski definition) is 4. The minimum absolute atomic E-state index is 0.100. The molecule has 6 nitrogen and oxygen atoms in total. The zero-order valence-corrected chi connectivity index (χ0v) is 15.0. The molecule has 3 heterocycles. The number of hydrogen-bond donors (Lipinski definition) is 2. The second-order valence-electron chi connectivity index (χ2n) is 7.05. The van der Waals surface area contributed by atoms with Crippen LogP contribution in [-0.2, 0) is 6.54 Å². The Morgan fingerprint density at radius 2 is 2.15 bits per heavy atom. The SMILES string of the molecule is NC(=O)c1ccc2[nH]c(CN3CCCCC3c3cccnc3)cc(=O)c2c1. The lowest BCUT2D eigenvalue weighted by Crippen LogP contribution is -2.33. The van der Waals surface area contributed by atoms with Crippen LogP contribution >= 0.6 is 0 Å². The molecule has 1 saturated heterocycles. The molecular weight excluding hydrogens is 340 g/mol. The molecule has 3 aromatic rings. The van der Waals surface area contributed by atoms with Gasteiger partial charge in [0.05, 0.1) is 0 Å². The molecule has 4 rings (SSSR count). The molecule has 6 heteroatoms. The minimum atomic E-state index is -0.534. The van der Waals surface area contributed by atoms with E-state index in [0.717, 1.165) is 30.6 Å². The van der Waals surface area contributed by atoms with Crippen LogP contribution in [0.25, 0.3) is 10.9 Å². The van der Waals surface area contributed by atoms with Gasteiger partial charge in [-0.1, -0.05) is 12.5 Å². The average Bonchev–Trinajstić information content (AvgIpc) is 2.69. The number of H-pyrrole nitrogens is 1. The van der Waals surface area contributed by atoms with E-state index in [2.05, 4.69) is 20.9 Å². The van der Waals surface area contributed by atoms with Gasteiger partial charge in [0.1, 0.15) is 0 Å². The van der Waals surface area contributed by atoms with E-state index in [-0.39, 0.29) is 5.43 Å². The number of aromatic nitrogens is 2. The van der Waals surface area contributed by atoms with Gasteiger partial charge in [0.25, 0.3) is 0 Å². The van der Waals surface area contributed by atoms with Crippen molar-refractivity contribution in [1.82, 2.24) is 14.9 Å². The van der Waals surface area contributed by atoms with Gasteiger partial charge in [0.2, 0.25) is 5.91 Å². The fourth-order valence-corrected chi connectivity index (χ4v) is 3.89. The first-order chi connectivity index (χ1) is 13.1. The second kappa shape index (κ2) is 7.32. The summed E-state index contributed by atoms with van der Waals surface area (Å²) in [5, 5.41) is 0.484. The fourth-order valence-electron chi connectivity index (χ4n) is 3.89. The molecule has 3 N–H and O–H groups in total. The van der Waals surface area contributed by atoms with Crippen molar-refractivity contribution in [2.45, 2.75) is 31.8 Å². The van der Waals surface area contributed by atoms with E-state index < -0.39 is 5.91 Å². The Kier molecular flexibility index (Phi) is 4.73. The third-order valence-corrected chi connectivity index (χ3v) is 5.23. The number of nitrogens with two attached hydrogens (primary N) is 1. The Balaban J connectivity index is 1.65. The summed E-state index contributed by atoms with van der Waals surface area (Å²) in [4.78, 5) is 33.9. The van der Waals surface area contributed by atoms with E-state index in [1.54, 1.807) is 30.5 Å². The summed E-state index contributed by atoms with van der Waals surface area (Å²) in [6, 6.07) is 11.0. The van der Waals surface area contributed by atoms with Gasteiger partial charge in [-0.3, -0.25) is 19.5 Å². The quantitative estimate of drug-likeness (QED) is 0.746. The molecule has 27 heavy (non-hydrogen) atoms. The fraction of sp³-hybridized carbons (Fsp3) is 0.286. The van der Waals surface area contributed by atoms with Crippen LogP contribution in [0.2, 0.25) is 0 Å². The van der Waals surface area contributed by atoms with E-state index >= 15 is 0 Å². The van der Waals surface area contributed by atoms with E-state index in [9.17, 15) is 9.59 Å². The van der Waals surface area contributed by atoms with Gasteiger partial charge in [0, 0.05) is 53.2 Å². The molecule has 138 valence electrons. The van der Waals surface area contributed by atoms with E-state index in [0.29, 0.717) is 23.5 Å². The van der Waals surface area contributed by atoms with Crippen LogP contribution < -0.4 is 11.2 Å². The number of benzene rings is 1. The molecular formula is C21H22N4O2. The van der Waals surface area contributed by atoms with Crippen LogP contribution in [0.15, 0.2) is 53.6 Å². The monoisotopic (exact) mass is 362 g/mol. The zero-order valence-electron chi connectivity index (χ0n) is 15.0. The summed E-state index contributed by atoms with van der Waals surface area (Å²) in [7, 11) is 0. The summed E-state index contributed by atoms with van der Waals surface area (Å²) in [6.07, 6.45) is 7.15. The molecule has 0 aliphatic carbocycles. The molecule has 2 aromatic heterocycles. The first kappa shape index (κ1) is 17.4. The van der Waals surface area contributed by atoms with Crippen molar-refractivity contribution in [3.8, 4) is 0 Å². The van der Waals surface area contributed by atoms with Gasteiger partial charge in [-0.05, 0) is 49.2 Å². The molecule has 0 saturated carbocycles. The van der Waals surface area contributed by atoms with E-state index in [4.69, 9.17) is 5.73 Å². The third-order valence-electron chi connectivity index (χ3n) is 5.23. The van der Waals surface area contributed by atoms with Crippen LogP contribution in [0.1, 0.15) is 46.9 Å². The lowest BCUT2D eigenvalue weighted by Gasteiger charge is -2.35. The number of rotatable bonds is 4. The molecule has 1 amide bonds. The van der Waals surface area contributed by atoms with Crippen molar-refractivity contribution in [2.75, 3.05) is 6.54 Å². The molecule has 0 spiro atoms. The average molecular weight is 362 g/mol. The van der Waals surface area contributed by atoms with Crippen molar-refractivity contribution < 1.29 is 4.79 Å². The van der Waals surface area contributed by atoms with Crippen LogP contribution in [0.4, 0.5) is 0 Å². The highest BCUT2D eigenvalue weighted by Gasteiger charge is 2.24. The van der Waals surface area contributed by atoms with Gasteiger partial charge in [-0.25, -0.2) is 0 Å². The number of likely N-dealkylation sites (tertiary alicyclic amines) is 1. The summed E-state index contributed by atoms with van der Waals surface area (Å²) < 4.78 is 0. The van der Waals surface area contributed by atoms with Crippen molar-refractivity contribution in [3.05, 3.63) is 75.8 Å². The highest BCUT2D eigenvalue weighted by Crippen LogP contribution is 2.31. The number of primary amides is 1. The maximum Gasteiger partial charge on any atom is 0.248 e. The molecule has 1 aromatic carbocycles. The third kappa shape index (κ3) is 3.61. The zero-order chi connectivity index (χ0) is 18.8. The molecule has 1 atom stereocenters. The van der Waals surface area contributed by atoms with Gasteiger partial charge in [0.15, 0.2) is 5.43 Å². The lowest BCUT2D eigenvalue weighted by molar-refractivity contribution is 0.100. The largest absolute Gasteiger partial charge is 0.366 e. The van der Waals surface area contributed by atoms with E-state index in [1.165, 1.54) is 12.0 Å². The molecule has 1 unspecified atom stereocenters. The Labute approximate surface area is 157 Å². The lowest BCUT2D eigenvalue weighted by atomic mass is 9.96. The highest BCUT2D eigenvalue weighted by molar-refractivity contribution is 5.96. The number of amides is 1. The Morgan fingerprint density at radius 1 is 1.26 bits per heavy atom. The number of pyridine rings is 2. The molecule has 1 fully saturated rings. The van der Waals surface area contributed by atoms with Crippen molar-refractivity contribution in [2.24, 2.45) is 5.73 Å². The van der Waals surface area contributed by atoms with Gasteiger partial charge < -0.3 is 10.7 Å². The van der Waals surface area contributed by atoms with Crippen LogP contribution in [0.5, 0.6) is 0 Å². The molecule has 0 bridgehead atoms. The van der Waals surface area contributed by atoms with Gasteiger partial charge in [-0.15, -0.1) is 0 Å². The van der Waals surface area contributed by atoms with Gasteiger partial charge >= 0.3 is 0 Å². The van der Waals surface area contributed by atoms with Crippen molar-refractivity contribution in [3.63, 3.8) is 0 Å². The maximum absolute atomic E-state index is 12.6. The number of carbonyl (C=O) groups excluding carboxylic acids is 1. The topological polar surface area (TPSA) is 92.1 Å². The Hall–Kier alpha value is -2.99. The highest BCUT2D eigenvalue weighted by atomic mass is 16.1. The number of nitrogens with zero attached hydrogens (tertiary/aromatic N) is 2. The number of fused-ring (bicyclic) bond motifs is 1. The smallest absolute Gasteiger partial charge is 0.248 e. The number of nitrogens with one attached hydrogen (secondary N) is 1. The van der Waals surface area contributed by atoms with Crippen LogP contribution in [-0.4, -0.2) is 27.3 Å². The standard InChI is InChI=1S/C21H22N4O2/c22-21(27)14-6-7-18-17(10-14)20(26)11-16(24-18)13-25-9-2-1-5-19(25)15-4-3-8-23-12-15/h3-4,6-8,10-12,19H,1-2,5,9,13H2,(H2,22,27)(H,24,26). The first-order valence-electron chi connectivity index (χ1n) is 9.21. The van der Waals surface area contributed by atoms with Crippen LogP contribution in [0.3, 0.4) is 0 Å². The number of carbonyl (C=O) groups is 1. The summed E-state index contributed by atoms with van der Waals surface area (Å²) >= 11 is 0. The summed E-state index contributed by atoms with van der Waals surface area (Å²) in [5.74, 6) is -0.534. The molecule has 0 radical (unpaired) electrons. The first-order valence-corrected chi connectivity index (χ1v) is 9.21.